The predicted octanol–water partition coefficient (Wildman–Crippen LogP) is 3.86. The molecule has 1 heterocycles. The summed E-state index contributed by atoms with van der Waals surface area (Å²) in [5.41, 5.74) is 3.31. The molecule has 0 saturated heterocycles. The van der Waals surface area contributed by atoms with Gasteiger partial charge in [0.2, 0.25) is 5.91 Å². The maximum absolute atomic E-state index is 12.7. The van der Waals surface area contributed by atoms with Crippen LogP contribution in [0.2, 0.25) is 0 Å². The first-order valence-electron chi connectivity index (χ1n) is 9.58. The molecule has 0 radical (unpaired) electrons. The van der Waals surface area contributed by atoms with Gasteiger partial charge in [-0.1, -0.05) is 36.4 Å². The fourth-order valence-electron chi connectivity index (χ4n) is 3.69. The number of fused-ring (bicyclic) bond motifs is 1. The van der Waals surface area contributed by atoms with E-state index in [0.29, 0.717) is 19.6 Å². The lowest BCUT2D eigenvalue weighted by Crippen LogP contribution is -2.27. The third kappa shape index (κ3) is 4.37. The van der Waals surface area contributed by atoms with E-state index in [4.69, 9.17) is 9.47 Å². The monoisotopic (exact) mass is 380 g/mol. The second kappa shape index (κ2) is 9.42. The number of nitrogens with one attached hydrogen (secondary N) is 1. The zero-order valence-corrected chi connectivity index (χ0v) is 16.8. The molecule has 0 spiro atoms. The summed E-state index contributed by atoms with van der Waals surface area (Å²) in [6.45, 7) is 1.25. The Morgan fingerprint density at radius 3 is 2.61 bits per heavy atom. The molecule has 3 aromatic rings. The molecule has 0 fully saturated rings. The highest BCUT2D eigenvalue weighted by Gasteiger charge is 2.24. The predicted molar refractivity (Wildman–Crippen MR) is 112 cm³/mol. The van der Waals surface area contributed by atoms with Crippen molar-refractivity contribution in [3.05, 3.63) is 65.9 Å². The number of carbonyl (C=O) groups excluding carboxylic acids is 1. The largest absolute Gasteiger partial charge is 0.496 e. The molecule has 5 heteroatoms. The molecule has 0 saturated carbocycles. The number of nitrogens with zero attached hydrogens (tertiary/aromatic N) is 1. The molecular formula is C23H28N2O3. The third-order valence-electron chi connectivity index (χ3n) is 5.05. The second-order valence-electron chi connectivity index (χ2n) is 6.91. The summed E-state index contributed by atoms with van der Waals surface area (Å²) in [6, 6.07) is 16.2. The number of para-hydroxylation sites is 2. The van der Waals surface area contributed by atoms with Gasteiger partial charge in [0.1, 0.15) is 5.75 Å². The van der Waals surface area contributed by atoms with Gasteiger partial charge < -0.3 is 19.4 Å². The van der Waals surface area contributed by atoms with Crippen LogP contribution in [0.1, 0.15) is 29.9 Å². The van der Waals surface area contributed by atoms with Crippen molar-refractivity contribution in [1.29, 1.82) is 0 Å². The average Bonchev–Trinajstić information content (AvgIpc) is 3.06. The number of amides is 1. The minimum absolute atomic E-state index is 0.0277. The van der Waals surface area contributed by atoms with Crippen molar-refractivity contribution < 1.29 is 14.3 Å². The van der Waals surface area contributed by atoms with Crippen LogP contribution in [0.15, 0.2) is 54.7 Å². The van der Waals surface area contributed by atoms with E-state index in [1.807, 2.05) is 43.4 Å². The molecule has 0 aliphatic heterocycles. The highest BCUT2D eigenvalue weighted by Crippen LogP contribution is 2.38. The average molecular weight is 380 g/mol. The van der Waals surface area contributed by atoms with Crippen LogP contribution in [0, 0.1) is 0 Å². The lowest BCUT2D eigenvalue weighted by atomic mass is 9.87. The van der Waals surface area contributed by atoms with Crippen LogP contribution < -0.4 is 10.1 Å². The number of hydrogen-bond acceptors (Lipinski definition) is 3. The summed E-state index contributed by atoms with van der Waals surface area (Å²) < 4.78 is 12.8. The molecule has 148 valence electrons. The highest BCUT2D eigenvalue weighted by molar-refractivity contribution is 5.86. The van der Waals surface area contributed by atoms with Crippen molar-refractivity contribution in [3.8, 4) is 5.75 Å². The van der Waals surface area contributed by atoms with Crippen molar-refractivity contribution in [1.82, 2.24) is 9.88 Å². The Hall–Kier alpha value is -2.79. The number of methoxy groups -OCH3 is 2. The standard InChI is InChI=1S/C23H28N2O3/c1-25-16-20(17-9-4-6-11-21(17)25)19(15-23(26)24-13-8-14-27-2)18-10-5-7-12-22(18)28-3/h4-7,9-12,16,19H,8,13-15H2,1-3H3,(H,24,26)/t19-/m1/s1. The molecular weight excluding hydrogens is 352 g/mol. The smallest absolute Gasteiger partial charge is 0.220 e. The number of aryl methyl sites for hydroxylation is 1. The number of rotatable bonds is 9. The van der Waals surface area contributed by atoms with Crippen molar-refractivity contribution in [2.24, 2.45) is 7.05 Å². The van der Waals surface area contributed by atoms with Crippen LogP contribution in [0.25, 0.3) is 10.9 Å². The Balaban J connectivity index is 1.96. The van der Waals surface area contributed by atoms with E-state index in [1.54, 1.807) is 14.2 Å². The van der Waals surface area contributed by atoms with Gasteiger partial charge in [-0.25, -0.2) is 0 Å². The first-order chi connectivity index (χ1) is 13.7. The van der Waals surface area contributed by atoms with E-state index < -0.39 is 0 Å². The van der Waals surface area contributed by atoms with E-state index in [0.717, 1.165) is 34.2 Å². The molecule has 28 heavy (non-hydrogen) atoms. The molecule has 1 N–H and O–H groups in total. The van der Waals surface area contributed by atoms with Crippen LogP contribution in [0.5, 0.6) is 5.75 Å². The zero-order chi connectivity index (χ0) is 19.9. The Kier molecular flexibility index (Phi) is 6.71. The fraction of sp³-hybridized carbons (Fsp3) is 0.348. The van der Waals surface area contributed by atoms with E-state index in [2.05, 4.69) is 28.2 Å². The summed E-state index contributed by atoms with van der Waals surface area (Å²) in [4.78, 5) is 12.7. The molecule has 5 nitrogen and oxygen atoms in total. The highest BCUT2D eigenvalue weighted by atomic mass is 16.5. The van der Waals surface area contributed by atoms with Gasteiger partial charge in [-0.3, -0.25) is 4.79 Å². The molecule has 0 bridgehead atoms. The topological polar surface area (TPSA) is 52.5 Å². The number of hydrogen-bond donors (Lipinski definition) is 1. The molecule has 0 aliphatic rings. The first-order valence-corrected chi connectivity index (χ1v) is 9.58. The van der Waals surface area contributed by atoms with Gasteiger partial charge in [0.05, 0.1) is 7.11 Å². The molecule has 3 rings (SSSR count). The summed E-state index contributed by atoms with van der Waals surface area (Å²) in [6.07, 6.45) is 3.29. The van der Waals surface area contributed by atoms with Crippen LogP contribution in [-0.4, -0.2) is 37.8 Å². The Morgan fingerprint density at radius 2 is 1.82 bits per heavy atom. The maximum atomic E-state index is 12.7. The third-order valence-corrected chi connectivity index (χ3v) is 5.05. The van der Waals surface area contributed by atoms with E-state index >= 15 is 0 Å². The van der Waals surface area contributed by atoms with Crippen LogP contribution in [-0.2, 0) is 16.6 Å². The van der Waals surface area contributed by atoms with Gasteiger partial charge in [-0.15, -0.1) is 0 Å². The number of carbonyl (C=O) groups is 1. The van der Waals surface area contributed by atoms with Gasteiger partial charge in [0.15, 0.2) is 0 Å². The van der Waals surface area contributed by atoms with Gasteiger partial charge in [0, 0.05) is 62.3 Å². The molecule has 0 aliphatic carbocycles. The summed E-state index contributed by atoms with van der Waals surface area (Å²) in [5, 5.41) is 4.17. The molecule has 0 unspecified atom stereocenters. The van der Waals surface area contributed by atoms with E-state index in [9.17, 15) is 4.79 Å². The van der Waals surface area contributed by atoms with Crippen LogP contribution >= 0.6 is 0 Å². The fourth-order valence-corrected chi connectivity index (χ4v) is 3.69. The summed E-state index contributed by atoms with van der Waals surface area (Å²) >= 11 is 0. The summed E-state index contributed by atoms with van der Waals surface area (Å²) in [5.74, 6) is 0.734. The van der Waals surface area contributed by atoms with Gasteiger partial charge in [-0.2, -0.15) is 0 Å². The van der Waals surface area contributed by atoms with Crippen molar-refractivity contribution in [2.45, 2.75) is 18.8 Å². The molecule has 1 atom stereocenters. The SMILES string of the molecule is COCCCNC(=O)C[C@H](c1ccccc1OC)c1cn(C)c2ccccc12. The van der Waals surface area contributed by atoms with Gasteiger partial charge in [0.25, 0.3) is 0 Å². The van der Waals surface area contributed by atoms with Gasteiger partial charge >= 0.3 is 0 Å². The number of aromatic nitrogens is 1. The van der Waals surface area contributed by atoms with Crippen molar-refractivity contribution in [2.75, 3.05) is 27.4 Å². The van der Waals surface area contributed by atoms with Crippen LogP contribution in [0.3, 0.4) is 0 Å². The lowest BCUT2D eigenvalue weighted by molar-refractivity contribution is -0.121. The Bertz CT molecular complexity index is 932. The molecule has 1 amide bonds. The Labute approximate surface area is 166 Å². The Morgan fingerprint density at radius 1 is 1.07 bits per heavy atom. The maximum Gasteiger partial charge on any atom is 0.220 e. The second-order valence-corrected chi connectivity index (χ2v) is 6.91. The minimum Gasteiger partial charge on any atom is -0.496 e. The van der Waals surface area contributed by atoms with E-state index in [1.165, 1.54) is 0 Å². The molecule has 1 aromatic heterocycles. The number of ether oxygens (including phenoxy) is 2. The zero-order valence-electron chi connectivity index (χ0n) is 16.8. The lowest BCUT2D eigenvalue weighted by Gasteiger charge is -2.20. The number of benzene rings is 2. The van der Waals surface area contributed by atoms with Crippen molar-refractivity contribution in [3.63, 3.8) is 0 Å². The first kappa shape index (κ1) is 20.0. The minimum atomic E-state index is -0.0929. The summed E-state index contributed by atoms with van der Waals surface area (Å²) in [7, 11) is 5.37. The van der Waals surface area contributed by atoms with E-state index in [-0.39, 0.29) is 11.8 Å². The quantitative estimate of drug-likeness (QED) is 0.574. The van der Waals surface area contributed by atoms with Crippen molar-refractivity contribution >= 4 is 16.8 Å². The molecule has 2 aromatic carbocycles. The van der Waals surface area contributed by atoms with Crippen LogP contribution in [0.4, 0.5) is 0 Å². The normalized spacial score (nSPS) is 12.1. The van der Waals surface area contributed by atoms with Gasteiger partial charge in [-0.05, 0) is 24.1 Å².